The van der Waals surface area contributed by atoms with Crippen molar-refractivity contribution in [3.8, 4) is 0 Å². The maximum absolute atomic E-state index is 6.13. The van der Waals surface area contributed by atoms with Crippen LogP contribution in [0.4, 0.5) is 0 Å². The van der Waals surface area contributed by atoms with Crippen LogP contribution in [-0.2, 0) is 4.74 Å². The van der Waals surface area contributed by atoms with Gasteiger partial charge in [0.15, 0.2) is 0 Å². The summed E-state index contributed by atoms with van der Waals surface area (Å²) in [4.78, 5) is 0. The molecule has 2 atom stereocenters. The van der Waals surface area contributed by atoms with Crippen LogP contribution >= 0.6 is 11.6 Å². The summed E-state index contributed by atoms with van der Waals surface area (Å²) in [6, 6.07) is 0. The van der Waals surface area contributed by atoms with Crippen LogP contribution in [-0.4, -0.2) is 19.1 Å². The van der Waals surface area contributed by atoms with Crippen molar-refractivity contribution in [2.45, 2.75) is 50.3 Å². The van der Waals surface area contributed by atoms with Crippen LogP contribution in [0.25, 0.3) is 0 Å². The molecule has 2 unspecified atom stereocenters. The zero-order valence-electron chi connectivity index (χ0n) is 8.60. The van der Waals surface area contributed by atoms with E-state index in [1.165, 1.54) is 44.9 Å². The molecular weight excluding hydrogens is 184 g/mol. The lowest BCUT2D eigenvalue weighted by Gasteiger charge is -2.25. The van der Waals surface area contributed by atoms with Crippen molar-refractivity contribution in [3.05, 3.63) is 0 Å². The summed E-state index contributed by atoms with van der Waals surface area (Å²) in [5.41, 5.74) is 0. The Hall–Kier alpha value is 0.250. The minimum absolute atomic E-state index is 0.459. The molecule has 0 amide bonds. The molecule has 1 saturated carbocycles. The molecular formula is C11H21ClO. The third kappa shape index (κ3) is 4.87. The summed E-state index contributed by atoms with van der Waals surface area (Å²) in [5, 5.41) is 0.459. The Morgan fingerprint density at radius 2 is 2.15 bits per heavy atom. The van der Waals surface area contributed by atoms with E-state index < -0.39 is 0 Å². The van der Waals surface area contributed by atoms with Gasteiger partial charge in [0.25, 0.3) is 0 Å². The maximum Gasteiger partial charge on any atom is 0.0462 e. The molecule has 0 aromatic carbocycles. The second-order valence-corrected chi connectivity index (χ2v) is 4.74. The highest BCUT2D eigenvalue weighted by Gasteiger charge is 2.19. The lowest BCUT2D eigenvalue weighted by molar-refractivity contribution is 0.188. The van der Waals surface area contributed by atoms with Crippen molar-refractivity contribution in [1.29, 1.82) is 0 Å². The van der Waals surface area contributed by atoms with E-state index in [-0.39, 0.29) is 0 Å². The highest BCUT2D eigenvalue weighted by atomic mass is 35.5. The molecule has 13 heavy (non-hydrogen) atoms. The molecule has 1 nitrogen and oxygen atoms in total. The molecule has 1 aliphatic carbocycles. The number of unbranched alkanes of at least 4 members (excludes halogenated alkanes) is 1. The van der Waals surface area contributed by atoms with E-state index in [9.17, 15) is 0 Å². The SMILES string of the molecule is COCCCCC1CCCC(Cl)C1. The second kappa shape index (κ2) is 6.67. The third-order valence-corrected chi connectivity index (χ3v) is 3.33. The number of ether oxygens (including phenoxy) is 1. The number of hydrogen-bond donors (Lipinski definition) is 0. The fourth-order valence-electron chi connectivity index (χ4n) is 2.17. The van der Waals surface area contributed by atoms with Gasteiger partial charge >= 0.3 is 0 Å². The standard InChI is InChI=1S/C11H21ClO/c1-13-8-3-2-5-10-6-4-7-11(12)9-10/h10-11H,2-9H2,1H3. The molecule has 0 aromatic heterocycles. The molecule has 1 fully saturated rings. The molecule has 78 valence electrons. The molecule has 0 bridgehead atoms. The Morgan fingerprint density at radius 1 is 1.31 bits per heavy atom. The van der Waals surface area contributed by atoms with Gasteiger partial charge in [0.1, 0.15) is 0 Å². The van der Waals surface area contributed by atoms with Gasteiger partial charge in [-0.15, -0.1) is 11.6 Å². The minimum atomic E-state index is 0.459. The quantitative estimate of drug-likeness (QED) is 0.491. The minimum Gasteiger partial charge on any atom is -0.385 e. The molecule has 0 saturated heterocycles. The van der Waals surface area contributed by atoms with Crippen molar-refractivity contribution < 1.29 is 4.74 Å². The summed E-state index contributed by atoms with van der Waals surface area (Å²) in [5.74, 6) is 0.896. The summed E-state index contributed by atoms with van der Waals surface area (Å²) in [7, 11) is 1.77. The van der Waals surface area contributed by atoms with E-state index in [1.807, 2.05) is 0 Å². The van der Waals surface area contributed by atoms with Crippen LogP contribution in [0.3, 0.4) is 0 Å². The van der Waals surface area contributed by atoms with Crippen molar-refractivity contribution in [2.75, 3.05) is 13.7 Å². The first kappa shape index (κ1) is 11.3. The van der Waals surface area contributed by atoms with Crippen LogP contribution in [0, 0.1) is 5.92 Å². The van der Waals surface area contributed by atoms with E-state index >= 15 is 0 Å². The van der Waals surface area contributed by atoms with Gasteiger partial charge in [0, 0.05) is 19.1 Å². The molecule has 0 aromatic rings. The largest absolute Gasteiger partial charge is 0.385 e. The van der Waals surface area contributed by atoms with Crippen molar-refractivity contribution in [2.24, 2.45) is 5.92 Å². The van der Waals surface area contributed by atoms with Crippen LogP contribution in [0.1, 0.15) is 44.9 Å². The van der Waals surface area contributed by atoms with Crippen molar-refractivity contribution in [3.63, 3.8) is 0 Å². The molecule has 0 heterocycles. The van der Waals surface area contributed by atoms with Gasteiger partial charge in [-0.1, -0.05) is 25.7 Å². The monoisotopic (exact) mass is 204 g/mol. The topological polar surface area (TPSA) is 9.23 Å². The van der Waals surface area contributed by atoms with Gasteiger partial charge in [-0.2, -0.15) is 0 Å². The van der Waals surface area contributed by atoms with E-state index in [0.717, 1.165) is 12.5 Å². The van der Waals surface area contributed by atoms with Gasteiger partial charge in [0.05, 0.1) is 0 Å². The number of hydrogen-bond acceptors (Lipinski definition) is 1. The van der Waals surface area contributed by atoms with Crippen LogP contribution in [0.2, 0.25) is 0 Å². The summed E-state index contributed by atoms with van der Waals surface area (Å²) in [6.45, 7) is 0.914. The fourth-order valence-corrected chi connectivity index (χ4v) is 2.57. The first-order valence-electron chi connectivity index (χ1n) is 5.46. The van der Waals surface area contributed by atoms with E-state index in [1.54, 1.807) is 7.11 Å². The Bertz CT molecular complexity index is 127. The number of rotatable bonds is 5. The van der Waals surface area contributed by atoms with Crippen LogP contribution in [0.15, 0.2) is 0 Å². The highest BCUT2D eigenvalue weighted by molar-refractivity contribution is 6.20. The first-order valence-corrected chi connectivity index (χ1v) is 5.89. The predicted octanol–water partition coefficient (Wildman–Crippen LogP) is 3.60. The number of alkyl halides is 1. The highest BCUT2D eigenvalue weighted by Crippen LogP contribution is 2.30. The first-order chi connectivity index (χ1) is 6.33. The van der Waals surface area contributed by atoms with Gasteiger partial charge < -0.3 is 4.74 Å². The molecule has 0 aliphatic heterocycles. The summed E-state index contributed by atoms with van der Waals surface area (Å²) < 4.78 is 5.03. The zero-order chi connectivity index (χ0) is 9.52. The molecule has 2 heteroatoms. The maximum atomic E-state index is 6.13. The normalized spacial score (nSPS) is 29.1. The van der Waals surface area contributed by atoms with Gasteiger partial charge in [-0.3, -0.25) is 0 Å². The van der Waals surface area contributed by atoms with Crippen LogP contribution < -0.4 is 0 Å². The Balaban J connectivity index is 2.00. The zero-order valence-corrected chi connectivity index (χ0v) is 9.35. The Labute approximate surface area is 86.8 Å². The molecule has 1 aliphatic rings. The second-order valence-electron chi connectivity index (χ2n) is 4.12. The van der Waals surface area contributed by atoms with Gasteiger partial charge in [-0.05, 0) is 25.2 Å². The van der Waals surface area contributed by atoms with Gasteiger partial charge in [-0.25, -0.2) is 0 Å². The lowest BCUT2D eigenvalue weighted by Crippen LogP contribution is -2.15. The molecule has 0 radical (unpaired) electrons. The average Bonchev–Trinajstić information content (AvgIpc) is 2.13. The summed E-state index contributed by atoms with van der Waals surface area (Å²) >= 11 is 6.13. The predicted molar refractivity (Wildman–Crippen MR) is 57.3 cm³/mol. The number of methoxy groups -OCH3 is 1. The smallest absolute Gasteiger partial charge is 0.0462 e. The third-order valence-electron chi connectivity index (χ3n) is 2.93. The Morgan fingerprint density at radius 3 is 2.85 bits per heavy atom. The fraction of sp³-hybridized carbons (Fsp3) is 1.00. The Kier molecular flexibility index (Phi) is 5.81. The lowest BCUT2D eigenvalue weighted by atomic mass is 9.85. The molecule has 1 rings (SSSR count). The van der Waals surface area contributed by atoms with Crippen molar-refractivity contribution in [1.82, 2.24) is 0 Å². The van der Waals surface area contributed by atoms with Crippen molar-refractivity contribution >= 4 is 11.6 Å². The van der Waals surface area contributed by atoms with Crippen LogP contribution in [0.5, 0.6) is 0 Å². The van der Waals surface area contributed by atoms with E-state index in [0.29, 0.717) is 5.38 Å². The summed E-state index contributed by atoms with van der Waals surface area (Å²) in [6.07, 6.45) is 9.08. The van der Waals surface area contributed by atoms with E-state index in [2.05, 4.69) is 0 Å². The molecule has 0 spiro atoms. The van der Waals surface area contributed by atoms with E-state index in [4.69, 9.17) is 16.3 Å². The average molecular weight is 205 g/mol. The van der Waals surface area contributed by atoms with Gasteiger partial charge in [0.2, 0.25) is 0 Å². The number of halogens is 1. The molecule has 0 N–H and O–H groups in total.